The molecule has 2 heterocycles. The van der Waals surface area contributed by atoms with E-state index in [4.69, 9.17) is 11.6 Å². The first kappa shape index (κ1) is 18.2. The number of hydrogen-bond acceptors (Lipinski definition) is 2. The molecule has 1 amide bonds. The van der Waals surface area contributed by atoms with E-state index < -0.39 is 0 Å². The van der Waals surface area contributed by atoms with Crippen LogP contribution in [0.4, 0.5) is 0 Å². The highest BCUT2D eigenvalue weighted by Gasteiger charge is 2.27. The van der Waals surface area contributed by atoms with Crippen LogP contribution in [0, 0.1) is 0 Å². The Bertz CT molecular complexity index is 959. The molecule has 3 nitrogen and oxygen atoms in total. The largest absolute Gasteiger partial charge is 0.329 e. The van der Waals surface area contributed by atoms with Crippen LogP contribution in [0.15, 0.2) is 60.7 Å². The minimum Gasteiger partial charge on any atom is -0.329 e. The summed E-state index contributed by atoms with van der Waals surface area (Å²) in [7, 11) is 0. The Morgan fingerprint density at radius 2 is 1.78 bits per heavy atom. The lowest BCUT2D eigenvalue weighted by molar-refractivity contribution is -0.898. The number of amides is 1. The molecule has 0 saturated carbocycles. The van der Waals surface area contributed by atoms with E-state index in [1.54, 1.807) is 0 Å². The number of piperazine rings is 1. The van der Waals surface area contributed by atoms with Crippen molar-refractivity contribution >= 4 is 45.0 Å². The van der Waals surface area contributed by atoms with E-state index in [1.165, 1.54) is 21.8 Å². The molecule has 3 aromatic rings. The summed E-state index contributed by atoms with van der Waals surface area (Å²) in [6.45, 7) is 4.47. The summed E-state index contributed by atoms with van der Waals surface area (Å²) in [5, 5.41) is 1.57. The monoisotopic (exact) mass is 397 g/mol. The Morgan fingerprint density at radius 1 is 1.07 bits per heavy atom. The Kier molecular flexibility index (Phi) is 5.58. The second-order valence-corrected chi connectivity index (χ2v) is 8.23. The van der Waals surface area contributed by atoms with Crippen molar-refractivity contribution in [3.63, 3.8) is 0 Å². The number of quaternary nitrogens is 1. The van der Waals surface area contributed by atoms with Crippen LogP contribution in [0.1, 0.15) is 15.2 Å². The fourth-order valence-corrected chi connectivity index (χ4v) is 4.93. The third kappa shape index (κ3) is 4.08. The number of carbonyl (C=O) groups excluding carboxylic acids is 1. The Morgan fingerprint density at radius 3 is 2.52 bits per heavy atom. The zero-order valence-corrected chi connectivity index (χ0v) is 16.6. The number of rotatable bonds is 4. The van der Waals surface area contributed by atoms with Gasteiger partial charge in [-0.05, 0) is 17.7 Å². The second-order valence-electron chi connectivity index (χ2n) is 6.80. The molecule has 2 aromatic carbocycles. The van der Waals surface area contributed by atoms with Gasteiger partial charge in [0.05, 0.1) is 37.7 Å². The number of thiophene rings is 1. The Labute approximate surface area is 168 Å². The van der Waals surface area contributed by atoms with E-state index in [9.17, 15) is 4.79 Å². The van der Waals surface area contributed by atoms with Crippen molar-refractivity contribution in [2.45, 2.75) is 0 Å². The number of nitrogens with zero attached hydrogens (tertiary/aromatic N) is 1. The van der Waals surface area contributed by atoms with Crippen molar-refractivity contribution < 1.29 is 9.69 Å². The molecule has 1 aromatic heterocycles. The summed E-state index contributed by atoms with van der Waals surface area (Å²) in [6.07, 6.45) is 4.40. The molecule has 27 heavy (non-hydrogen) atoms. The first-order valence-electron chi connectivity index (χ1n) is 9.24. The highest BCUT2D eigenvalue weighted by molar-refractivity contribution is 7.21. The van der Waals surface area contributed by atoms with E-state index >= 15 is 0 Å². The Balaban J connectivity index is 1.35. The molecule has 0 unspecified atom stereocenters. The Hall–Kier alpha value is -2.14. The maximum Gasteiger partial charge on any atom is 0.265 e. The van der Waals surface area contributed by atoms with Crippen molar-refractivity contribution in [2.75, 3.05) is 32.7 Å². The standard InChI is InChI=1S/C22H21ClN2OS/c23-20-18-10-4-5-11-19(18)27-21(20)22(26)25-15-13-24(14-16-25)12-6-9-17-7-2-1-3-8-17/h1-11H,12-16H2/p+1/b9-6+. The van der Waals surface area contributed by atoms with Crippen LogP contribution in [0.5, 0.6) is 0 Å². The van der Waals surface area contributed by atoms with Gasteiger partial charge in [0.2, 0.25) is 0 Å². The highest BCUT2D eigenvalue weighted by Crippen LogP contribution is 2.35. The van der Waals surface area contributed by atoms with Gasteiger partial charge in [-0.1, -0.05) is 66.2 Å². The van der Waals surface area contributed by atoms with Gasteiger partial charge in [0, 0.05) is 10.1 Å². The average Bonchev–Trinajstić information content (AvgIpc) is 3.06. The minimum atomic E-state index is 0.0695. The average molecular weight is 398 g/mol. The van der Waals surface area contributed by atoms with Gasteiger partial charge in [-0.15, -0.1) is 11.3 Å². The van der Waals surface area contributed by atoms with Crippen LogP contribution in [-0.4, -0.2) is 43.5 Å². The summed E-state index contributed by atoms with van der Waals surface area (Å²) in [5.74, 6) is 0.0695. The zero-order chi connectivity index (χ0) is 18.6. The van der Waals surface area contributed by atoms with Gasteiger partial charge in [0.25, 0.3) is 5.91 Å². The van der Waals surface area contributed by atoms with E-state index in [2.05, 4.69) is 36.4 Å². The lowest BCUT2D eigenvalue weighted by atomic mass is 10.2. The topological polar surface area (TPSA) is 24.8 Å². The van der Waals surface area contributed by atoms with Crippen molar-refractivity contribution in [2.24, 2.45) is 0 Å². The molecule has 0 spiro atoms. The lowest BCUT2D eigenvalue weighted by Gasteiger charge is -2.31. The predicted molar refractivity (Wildman–Crippen MR) is 114 cm³/mol. The molecule has 1 N–H and O–H groups in total. The number of carbonyl (C=O) groups is 1. The summed E-state index contributed by atoms with van der Waals surface area (Å²) in [6, 6.07) is 18.3. The molecule has 4 rings (SSSR count). The fourth-order valence-electron chi connectivity index (χ4n) is 3.45. The van der Waals surface area contributed by atoms with Crippen LogP contribution in [0.3, 0.4) is 0 Å². The molecule has 1 aliphatic heterocycles. The first-order valence-corrected chi connectivity index (χ1v) is 10.4. The number of halogens is 1. The molecular weight excluding hydrogens is 376 g/mol. The number of fused-ring (bicyclic) bond motifs is 1. The van der Waals surface area contributed by atoms with Crippen LogP contribution in [-0.2, 0) is 0 Å². The fraction of sp³-hybridized carbons (Fsp3) is 0.227. The maximum absolute atomic E-state index is 12.9. The van der Waals surface area contributed by atoms with Gasteiger partial charge in [-0.2, -0.15) is 0 Å². The van der Waals surface area contributed by atoms with Crippen LogP contribution < -0.4 is 4.90 Å². The molecule has 0 bridgehead atoms. The van der Waals surface area contributed by atoms with E-state index in [-0.39, 0.29) is 5.91 Å². The predicted octanol–water partition coefficient (Wildman–Crippen LogP) is 3.61. The summed E-state index contributed by atoms with van der Waals surface area (Å²) in [5.41, 5.74) is 1.23. The smallest absolute Gasteiger partial charge is 0.265 e. The lowest BCUT2D eigenvalue weighted by Crippen LogP contribution is -3.14. The van der Waals surface area contributed by atoms with E-state index in [0.717, 1.165) is 42.8 Å². The van der Waals surface area contributed by atoms with E-state index in [1.807, 2.05) is 35.2 Å². The summed E-state index contributed by atoms with van der Waals surface area (Å²) in [4.78, 5) is 17.0. The number of benzene rings is 2. The van der Waals surface area contributed by atoms with Gasteiger partial charge in [-0.25, -0.2) is 0 Å². The van der Waals surface area contributed by atoms with Crippen molar-refractivity contribution in [3.05, 3.63) is 76.1 Å². The minimum absolute atomic E-state index is 0.0695. The molecule has 0 radical (unpaired) electrons. The molecule has 1 fully saturated rings. The van der Waals surface area contributed by atoms with Crippen LogP contribution >= 0.6 is 22.9 Å². The van der Waals surface area contributed by atoms with Gasteiger partial charge < -0.3 is 9.80 Å². The summed E-state index contributed by atoms with van der Waals surface area (Å²) < 4.78 is 1.07. The van der Waals surface area contributed by atoms with Crippen molar-refractivity contribution in [3.8, 4) is 0 Å². The summed E-state index contributed by atoms with van der Waals surface area (Å²) >= 11 is 7.97. The van der Waals surface area contributed by atoms with Gasteiger partial charge in [-0.3, -0.25) is 4.79 Å². The quantitative estimate of drug-likeness (QED) is 0.714. The molecule has 0 aliphatic carbocycles. The molecule has 0 atom stereocenters. The van der Waals surface area contributed by atoms with Gasteiger partial charge in [0.1, 0.15) is 4.88 Å². The zero-order valence-electron chi connectivity index (χ0n) is 15.0. The maximum atomic E-state index is 12.9. The van der Waals surface area contributed by atoms with E-state index in [0.29, 0.717) is 9.90 Å². The molecular formula is C22H22ClN2OS+. The van der Waals surface area contributed by atoms with Crippen LogP contribution in [0.25, 0.3) is 16.2 Å². The first-order chi connectivity index (χ1) is 13.2. The highest BCUT2D eigenvalue weighted by atomic mass is 35.5. The van der Waals surface area contributed by atoms with Gasteiger partial charge >= 0.3 is 0 Å². The van der Waals surface area contributed by atoms with Crippen LogP contribution in [0.2, 0.25) is 5.02 Å². The third-order valence-electron chi connectivity index (χ3n) is 5.00. The van der Waals surface area contributed by atoms with Crippen molar-refractivity contribution in [1.82, 2.24) is 4.90 Å². The normalized spacial score (nSPS) is 15.7. The number of nitrogens with one attached hydrogen (secondary N) is 1. The number of hydrogen-bond donors (Lipinski definition) is 1. The third-order valence-corrected chi connectivity index (χ3v) is 6.67. The molecule has 138 valence electrons. The molecule has 1 aliphatic rings. The van der Waals surface area contributed by atoms with Gasteiger partial charge in [0.15, 0.2) is 0 Å². The second kappa shape index (κ2) is 8.26. The molecule has 5 heteroatoms. The van der Waals surface area contributed by atoms with Crippen molar-refractivity contribution in [1.29, 1.82) is 0 Å². The molecule has 1 saturated heterocycles. The SMILES string of the molecule is O=C(c1sc2ccccc2c1Cl)N1CC[NH+](C/C=C/c2ccccc2)CC1.